The second-order valence-corrected chi connectivity index (χ2v) is 7.09. The number of hydrogen-bond acceptors (Lipinski definition) is 5. The van der Waals surface area contributed by atoms with E-state index in [4.69, 9.17) is 12.2 Å². The van der Waals surface area contributed by atoms with Crippen LogP contribution in [0.5, 0.6) is 0 Å². The number of amides is 2. The number of rotatable bonds is 6. The highest BCUT2D eigenvalue weighted by Gasteiger charge is 2.17. The molecule has 0 unspecified atom stereocenters. The van der Waals surface area contributed by atoms with Crippen molar-refractivity contribution in [2.75, 3.05) is 16.8 Å². The van der Waals surface area contributed by atoms with Crippen molar-refractivity contribution in [3.8, 4) is 0 Å². The lowest BCUT2D eigenvalue weighted by Gasteiger charge is -2.21. The fourth-order valence-electron chi connectivity index (χ4n) is 3.04. The molecule has 0 radical (unpaired) electrons. The Morgan fingerprint density at radius 1 is 0.969 bits per heavy atom. The van der Waals surface area contributed by atoms with Crippen LogP contribution in [0.25, 0.3) is 0 Å². The van der Waals surface area contributed by atoms with Crippen LogP contribution >= 0.6 is 12.2 Å². The molecule has 3 rings (SSSR count). The number of thiocarbonyl (C=S) groups is 1. The third-order valence-electron chi connectivity index (χ3n) is 4.54. The molecule has 2 amide bonds. The summed E-state index contributed by atoms with van der Waals surface area (Å²) >= 11 is 5.18. The van der Waals surface area contributed by atoms with Crippen LogP contribution < -0.4 is 15.5 Å². The van der Waals surface area contributed by atoms with Gasteiger partial charge in [0.1, 0.15) is 0 Å². The van der Waals surface area contributed by atoms with E-state index in [1.807, 2.05) is 37.3 Å². The molecule has 9 heteroatoms. The molecule has 32 heavy (non-hydrogen) atoms. The number of para-hydroxylation sites is 1. The van der Waals surface area contributed by atoms with Crippen LogP contribution in [0.3, 0.4) is 0 Å². The molecule has 0 heterocycles. The average molecular weight is 449 g/mol. The van der Waals surface area contributed by atoms with Gasteiger partial charge in [-0.05, 0) is 55.5 Å². The zero-order valence-electron chi connectivity index (χ0n) is 17.1. The molecule has 0 atom stereocenters. The van der Waals surface area contributed by atoms with Gasteiger partial charge in [-0.3, -0.25) is 25.0 Å². The maximum Gasteiger partial charge on any atom is 0.270 e. The van der Waals surface area contributed by atoms with Crippen molar-refractivity contribution in [2.45, 2.75) is 6.92 Å². The number of non-ortho nitro benzene ring substituents is 1. The van der Waals surface area contributed by atoms with Crippen LogP contribution in [-0.2, 0) is 0 Å². The molecule has 0 aliphatic heterocycles. The fourth-order valence-corrected chi connectivity index (χ4v) is 3.25. The van der Waals surface area contributed by atoms with Gasteiger partial charge in [-0.1, -0.05) is 30.3 Å². The minimum atomic E-state index is -0.584. The van der Waals surface area contributed by atoms with Crippen molar-refractivity contribution in [1.29, 1.82) is 0 Å². The summed E-state index contributed by atoms with van der Waals surface area (Å²) < 4.78 is 0. The van der Waals surface area contributed by atoms with E-state index in [2.05, 4.69) is 10.6 Å². The minimum Gasteiger partial charge on any atom is -0.332 e. The third kappa shape index (κ3) is 5.52. The molecule has 0 saturated heterocycles. The Kier molecular flexibility index (Phi) is 7.25. The Bertz CT molecular complexity index is 1170. The zero-order valence-corrected chi connectivity index (χ0v) is 18.0. The molecule has 0 bridgehead atoms. The molecule has 0 aliphatic rings. The van der Waals surface area contributed by atoms with Crippen LogP contribution in [0.2, 0.25) is 0 Å². The highest BCUT2D eigenvalue weighted by molar-refractivity contribution is 7.80. The predicted molar refractivity (Wildman–Crippen MR) is 127 cm³/mol. The first-order valence-electron chi connectivity index (χ1n) is 9.73. The molecule has 162 valence electrons. The quantitative estimate of drug-likeness (QED) is 0.329. The van der Waals surface area contributed by atoms with E-state index in [0.717, 1.165) is 5.69 Å². The van der Waals surface area contributed by atoms with E-state index in [9.17, 15) is 19.7 Å². The summed E-state index contributed by atoms with van der Waals surface area (Å²) in [5, 5.41) is 16.2. The standard InChI is InChI=1S/C23H20N4O4S/c1-2-26(19-11-4-3-5-12-19)22(29)17-9-6-10-18(14-17)24-23(32)25-21(28)16-8-7-13-20(15-16)27(30)31/h3-15H,2H2,1H3,(H2,24,25,28,32). The smallest absolute Gasteiger partial charge is 0.270 e. The molecule has 0 saturated carbocycles. The number of nitro benzene ring substituents is 1. The molecule has 3 aromatic carbocycles. The van der Waals surface area contributed by atoms with Gasteiger partial charge >= 0.3 is 0 Å². The Labute approximate surface area is 190 Å². The SMILES string of the molecule is CCN(C(=O)c1cccc(NC(=S)NC(=O)c2cccc([N+](=O)[O-])c2)c1)c1ccccc1. The molecule has 8 nitrogen and oxygen atoms in total. The highest BCUT2D eigenvalue weighted by atomic mass is 32.1. The van der Waals surface area contributed by atoms with Crippen LogP contribution in [-0.4, -0.2) is 28.4 Å². The van der Waals surface area contributed by atoms with Gasteiger partial charge in [0.2, 0.25) is 0 Å². The first kappa shape index (κ1) is 22.6. The van der Waals surface area contributed by atoms with Gasteiger partial charge in [-0.2, -0.15) is 0 Å². The molecular formula is C23H20N4O4S. The molecule has 0 spiro atoms. The first-order valence-corrected chi connectivity index (χ1v) is 10.1. The fraction of sp³-hybridized carbons (Fsp3) is 0.0870. The number of benzene rings is 3. The summed E-state index contributed by atoms with van der Waals surface area (Å²) in [6, 6.07) is 21.4. The number of nitro groups is 1. The van der Waals surface area contributed by atoms with Gasteiger partial charge in [0.15, 0.2) is 5.11 Å². The largest absolute Gasteiger partial charge is 0.332 e. The summed E-state index contributed by atoms with van der Waals surface area (Å²) in [5.41, 5.74) is 1.67. The molecule has 0 aliphatic carbocycles. The van der Waals surface area contributed by atoms with Crippen molar-refractivity contribution in [3.05, 3.63) is 100 Å². The van der Waals surface area contributed by atoms with Crippen molar-refractivity contribution in [3.63, 3.8) is 0 Å². The predicted octanol–water partition coefficient (Wildman–Crippen LogP) is 4.39. The van der Waals surface area contributed by atoms with Gasteiger partial charge in [-0.15, -0.1) is 0 Å². The Morgan fingerprint density at radius 2 is 1.66 bits per heavy atom. The van der Waals surface area contributed by atoms with Crippen molar-refractivity contribution < 1.29 is 14.5 Å². The van der Waals surface area contributed by atoms with Gasteiger partial charge < -0.3 is 10.2 Å². The number of carbonyl (C=O) groups excluding carboxylic acids is 2. The summed E-state index contributed by atoms with van der Waals surface area (Å²) in [6.07, 6.45) is 0. The number of anilines is 2. The number of carbonyl (C=O) groups is 2. The van der Waals surface area contributed by atoms with E-state index < -0.39 is 10.8 Å². The van der Waals surface area contributed by atoms with E-state index in [1.54, 1.807) is 29.2 Å². The van der Waals surface area contributed by atoms with Crippen LogP contribution in [0.4, 0.5) is 17.1 Å². The van der Waals surface area contributed by atoms with Crippen molar-refractivity contribution in [2.24, 2.45) is 0 Å². The summed E-state index contributed by atoms with van der Waals surface area (Å²) in [5.74, 6) is -0.756. The van der Waals surface area contributed by atoms with Crippen LogP contribution in [0.1, 0.15) is 27.6 Å². The summed E-state index contributed by atoms with van der Waals surface area (Å²) in [4.78, 5) is 37.3. The summed E-state index contributed by atoms with van der Waals surface area (Å²) in [7, 11) is 0. The van der Waals surface area contributed by atoms with E-state index in [0.29, 0.717) is 17.8 Å². The van der Waals surface area contributed by atoms with Gasteiger partial charge in [-0.25, -0.2) is 0 Å². The Balaban J connectivity index is 1.69. The maximum atomic E-state index is 13.0. The Morgan fingerprint density at radius 3 is 2.34 bits per heavy atom. The van der Waals surface area contributed by atoms with E-state index in [-0.39, 0.29) is 22.3 Å². The second kappa shape index (κ2) is 10.3. The van der Waals surface area contributed by atoms with Gasteiger partial charge in [0.05, 0.1) is 4.92 Å². The first-order chi connectivity index (χ1) is 15.4. The molecule has 0 aromatic heterocycles. The molecule has 2 N–H and O–H groups in total. The molecular weight excluding hydrogens is 428 g/mol. The lowest BCUT2D eigenvalue weighted by molar-refractivity contribution is -0.384. The summed E-state index contributed by atoms with van der Waals surface area (Å²) in [6.45, 7) is 2.39. The molecule has 3 aromatic rings. The average Bonchev–Trinajstić information content (AvgIpc) is 2.80. The monoisotopic (exact) mass is 448 g/mol. The van der Waals surface area contributed by atoms with Crippen molar-refractivity contribution >= 4 is 46.2 Å². The topological polar surface area (TPSA) is 105 Å². The van der Waals surface area contributed by atoms with E-state index in [1.165, 1.54) is 24.3 Å². The lowest BCUT2D eigenvalue weighted by atomic mass is 10.1. The normalized spacial score (nSPS) is 10.2. The van der Waals surface area contributed by atoms with Crippen LogP contribution in [0.15, 0.2) is 78.9 Å². The maximum absolute atomic E-state index is 13.0. The second-order valence-electron chi connectivity index (χ2n) is 6.68. The zero-order chi connectivity index (χ0) is 23.1. The van der Waals surface area contributed by atoms with Gasteiger partial charge in [0.25, 0.3) is 17.5 Å². The van der Waals surface area contributed by atoms with Crippen LogP contribution in [0, 0.1) is 10.1 Å². The number of nitrogens with one attached hydrogen (secondary N) is 2. The third-order valence-corrected chi connectivity index (χ3v) is 4.75. The molecule has 0 fully saturated rings. The van der Waals surface area contributed by atoms with E-state index >= 15 is 0 Å². The Hall–Kier alpha value is -4.11. The number of nitrogens with zero attached hydrogens (tertiary/aromatic N) is 2. The minimum absolute atomic E-state index is 0.00140. The highest BCUT2D eigenvalue weighted by Crippen LogP contribution is 2.19. The number of hydrogen-bond donors (Lipinski definition) is 2. The van der Waals surface area contributed by atoms with Gasteiger partial charge in [0, 0.05) is 41.2 Å². The van der Waals surface area contributed by atoms with Crippen molar-refractivity contribution in [1.82, 2.24) is 5.32 Å². The lowest BCUT2D eigenvalue weighted by Crippen LogP contribution is -2.34.